The van der Waals surface area contributed by atoms with Crippen molar-refractivity contribution < 1.29 is 14.3 Å². The van der Waals surface area contributed by atoms with Crippen molar-refractivity contribution in [2.45, 2.75) is 12.8 Å². The van der Waals surface area contributed by atoms with Gasteiger partial charge in [0.1, 0.15) is 0 Å². The third-order valence-electron chi connectivity index (χ3n) is 1.09. The molecule has 0 aliphatic carbocycles. The van der Waals surface area contributed by atoms with Crippen molar-refractivity contribution in [3.8, 4) is 0 Å². The van der Waals surface area contributed by atoms with Crippen LogP contribution in [0.15, 0.2) is 0 Å². The van der Waals surface area contributed by atoms with Gasteiger partial charge in [0.2, 0.25) is 0 Å². The maximum Gasteiger partial charge on any atom is 0.314 e. The Morgan fingerprint density at radius 2 is 1.45 bits per heavy atom. The van der Waals surface area contributed by atoms with Gasteiger partial charge in [-0.05, 0) is 0 Å². The highest BCUT2D eigenvalue weighted by Gasteiger charge is 2.12. The van der Waals surface area contributed by atoms with Crippen LogP contribution in [-0.4, -0.2) is 23.4 Å². The fourth-order valence-electron chi connectivity index (χ4n) is 0.597. The number of rotatable bonds is 0. The zero-order valence-corrected chi connectivity index (χ0v) is 7.50. The monoisotopic (exact) mass is 192 g/mol. The van der Waals surface area contributed by atoms with E-state index in [0.717, 1.165) is 11.5 Å². The van der Waals surface area contributed by atoms with E-state index in [2.05, 4.69) is 4.74 Å². The molecule has 0 spiro atoms. The molecule has 1 saturated heterocycles. The van der Waals surface area contributed by atoms with Crippen LogP contribution >= 0.6 is 21.6 Å². The molecular formula is C6H8O3S2. The van der Waals surface area contributed by atoms with E-state index in [-0.39, 0.29) is 0 Å². The van der Waals surface area contributed by atoms with Crippen LogP contribution in [0.1, 0.15) is 12.8 Å². The molecule has 0 amide bonds. The van der Waals surface area contributed by atoms with Gasteiger partial charge in [-0.2, -0.15) is 0 Å². The predicted molar refractivity (Wildman–Crippen MR) is 45.2 cm³/mol. The summed E-state index contributed by atoms with van der Waals surface area (Å²) in [7, 11) is 3.22. The molecule has 1 fully saturated rings. The van der Waals surface area contributed by atoms with Gasteiger partial charge < -0.3 is 4.74 Å². The van der Waals surface area contributed by atoms with Crippen molar-refractivity contribution in [2.24, 2.45) is 0 Å². The van der Waals surface area contributed by atoms with Crippen LogP contribution in [0.2, 0.25) is 0 Å². The van der Waals surface area contributed by atoms with Crippen molar-refractivity contribution in [1.29, 1.82) is 0 Å². The van der Waals surface area contributed by atoms with E-state index in [1.54, 1.807) is 21.6 Å². The normalized spacial score (nSPS) is 21.5. The summed E-state index contributed by atoms with van der Waals surface area (Å²) < 4.78 is 4.47. The molecular weight excluding hydrogens is 184 g/mol. The lowest BCUT2D eigenvalue weighted by Gasteiger charge is -1.96. The van der Waals surface area contributed by atoms with E-state index in [9.17, 15) is 9.59 Å². The lowest BCUT2D eigenvalue weighted by molar-refractivity contribution is -0.158. The number of esters is 2. The van der Waals surface area contributed by atoms with Gasteiger partial charge in [0.15, 0.2) is 0 Å². The van der Waals surface area contributed by atoms with Crippen LogP contribution in [0, 0.1) is 0 Å². The fraction of sp³-hybridized carbons (Fsp3) is 0.667. The molecule has 1 rings (SSSR count). The van der Waals surface area contributed by atoms with Gasteiger partial charge in [-0.25, -0.2) is 0 Å². The molecule has 1 heterocycles. The van der Waals surface area contributed by atoms with Crippen molar-refractivity contribution in [3.05, 3.63) is 0 Å². The molecule has 62 valence electrons. The van der Waals surface area contributed by atoms with Gasteiger partial charge in [-0.1, -0.05) is 21.6 Å². The average molecular weight is 192 g/mol. The maximum atomic E-state index is 10.7. The first-order chi connectivity index (χ1) is 5.29. The molecule has 0 aromatic carbocycles. The standard InChI is InChI=1S/C6H8O3S2/c7-5-1-3-10-11-4-2-6(8)9-5/h1-4H2. The molecule has 0 radical (unpaired) electrons. The SMILES string of the molecule is O=C1CCSSCCC(=O)O1. The third-order valence-corrected chi connectivity index (χ3v) is 3.50. The summed E-state index contributed by atoms with van der Waals surface area (Å²) >= 11 is 0. The minimum Gasteiger partial charge on any atom is -0.393 e. The van der Waals surface area contributed by atoms with Gasteiger partial charge in [-0.3, -0.25) is 9.59 Å². The largest absolute Gasteiger partial charge is 0.393 e. The van der Waals surface area contributed by atoms with Gasteiger partial charge >= 0.3 is 11.9 Å². The quantitative estimate of drug-likeness (QED) is 0.328. The summed E-state index contributed by atoms with van der Waals surface area (Å²) in [6.45, 7) is 0. The van der Waals surface area contributed by atoms with Gasteiger partial charge in [0.25, 0.3) is 0 Å². The molecule has 0 aromatic rings. The smallest absolute Gasteiger partial charge is 0.314 e. The van der Waals surface area contributed by atoms with E-state index < -0.39 is 11.9 Å². The van der Waals surface area contributed by atoms with Crippen LogP contribution in [-0.2, 0) is 14.3 Å². The van der Waals surface area contributed by atoms with E-state index in [0.29, 0.717) is 12.8 Å². The maximum absolute atomic E-state index is 10.7. The summed E-state index contributed by atoms with van der Waals surface area (Å²) in [6.07, 6.45) is 0.673. The highest BCUT2D eigenvalue weighted by molar-refractivity contribution is 8.76. The molecule has 0 N–H and O–H groups in total. The van der Waals surface area contributed by atoms with Gasteiger partial charge in [-0.15, -0.1) is 0 Å². The molecule has 1 aliphatic heterocycles. The van der Waals surface area contributed by atoms with Crippen molar-refractivity contribution in [3.63, 3.8) is 0 Å². The van der Waals surface area contributed by atoms with Crippen LogP contribution in [0.25, 0.3) is 0 Å². The Morgan fingerprint density at radius 1 is 1.00 bits per heavy atom. The zero-order valence-electron chi connectivity index (χ0n) is 5.87. The van der Waals surface area contributed by atoms with Crippen LogP contribution in [0.3, 0.4) is 0 Å². The highest BCUT2D eigenvalue weighted by atomic mass is 33.1. The van der Waals surface area contributed by atoms with Crippen molar-refractivity contribution >= 4 is 33.5 Å². The van der Waals surface area contributed by atoms with E-state index >= 15 is 0 Å². The molecule has 0 unspecified atom stereocenters. The number of carbonyl (C=O) groups excluding carboxylic acids is 2. The van der Waals surface area contributed by atoms with Crippen molar-refractivity contribution in [2.75, 3.05) is 11.5 Å². The summed E-state index contributed by atoms with van der Waals surface area (Å²) in [6, 6.07) is 0. The van der Waals surface area contributed by atoms with E-state index in [4.69, 9.17) is 0 Å². The Kier molecular flexibility index (Phi) is 3.79. The van der Waals surface area contributed by atoms with Crippen LogP contribution in [0.5, 0.6) is 0 Å². The lowest BCUT2D eigenvalue weighted by atomic mass is 10.5. The van der Waals surface area contributed by atoms with Crippen LogP contribution in [0.4, 0.5) is 0 Å². The number of hydrogen-bond donors (Lipinski definition) is 0. The first-order valence-corrected chi connectivity index (χ1v) is 5.76. The minimum atomic E-state index is -0.398. The van der Waals surface area contributed by atoms with E-state index in [1.165, 1.54) is 0 Å². The Morgan fingerprint density at radius 3 is 1.91 bits per heavy atom. The summed E-state index contributed by atoms with van der Waals surface area (Å²) in [4.78, 5) is 21.5. The highest BCUT2D eigenvalue weighted by Crippen LogP contribution is 2.24. The molecule has 0 atom stereocenters. The third kappa shape index (κ3) is 3.67. The van der Waals surface area contributed by atoms with Gasteiger partial charge in [0, 0.05) is 11.5 Å². The molecule has 5 heteroatoms. The fourth-order valence-corrected chi connectivity index (χ4v) is 2.54. The zero-order chi connectivity index (χ0) is 8.10. The van der Waals surface area contributed by atoms with E-state index in [1.807, 2.05) is 0 Å². The van der Waals surface area contributed by atoms with Gasteiger partial charge in [0.05, 0.1) is 12.8 Å². The first kappa shape index (κ1) is 8.93. The minimum absolute atomic E-state index is 0.337. The Labute approximate surface area is 72.6 Å². The second-order valence-electron chi connectivity index (χ2n) is 1.99. The molecule has 11 heavy (non-hydrogen) atoms. The number of cyclic esters (lactones) is 2. The molecule has 0 aromatic heterocycles. The van der Waals surface area contributed by atoms with Crippen molar-refractivity contribution in [1.82, 2.24) is 0 Å². The summed E-state index contributed by atoms with van der Waals surface area (Å²) in [5.41, 5.74) is 0. The topological polar surface area (TPSA) is 43.4 Å². The Hall–Kier alpha value is -0.160. The molecule has 1 aliphatic rings. The predicted octanol–water partition coefficient (Wildman–Crippen LogP) is 1.23. The molecule has 0 bridgehead atoms. The first-order valence-electron chi connectivity index (χ1n) is 3.27. The lowest BCUT2D eigenvalue weighted by Crippen LogP contribution is -2.11. The number of carbonyl (C=O) groups is 2. The Balaban J connectivity index is 2.39. The summed E-state index contributed by atoms with van der Waals surface area (Å²) in [5, 5.41) is 0. The Bertz CT molecular complexity index is 151. The average Bonchev–Trinajstić information content (AvgIpc) is 2.02. The second kappa shape index (κ2) is 4.66. The van der Waals surface area contributed by atoms with Crippen LogP contribution < -0.4 is 0 Å². The second-order valence-corrected chi connectivity index (χ2v) is 4.69. The summed E-state index contributed by atoms with van der Waals surface area (Å²) in [5.74, 6) is 0.670. The number of ether oxygens (including phenoxy) is 1. The molecule has 3 nitrogen and oxygen atoms in total. The molecule has 0 saturated carbocycles. The number of hydrogen-bond acceptors (Lipinski definition) is 5.